The van der Waals surface area contributed by atoms with Crippen molar-refractivity contribution in [1.82, 2.24) is 4.31 Å². The first kappa shape index (κ1) is 24.4. The Morgan fingerprint density at radius 3 is 2.62 bits per heavy atom. The van der Waals surface area contributed by atoms with Gasteiger partial charge in [-0.2, -0.15) is 4.31 Å². The van der Waals surface area contributed by atoms with Crippen LogP contribution in [0.15, 0.2) is 41.3 Å². The third kappa shape index (κ3) is 4.25. The zero-order valence-electron chi connectivity index (χ0n) is 20.5. The number of carbonyl (C=O) groups is 2. The molecule has 0 spiro atoms. The normalized spacial score (nSPS) is 20.3. The standard InChI is InChI=1S/C26H33N3O4S/c1-17-8-7-13-28(15-17)34(32,33)20-11-12-23-21(14-20)26(4,5)25(31)29(23)16-24(30)27-22-10-6-9-18(2)19(22)3/h6,9-12,14,17H,7-8,13,15-16H2,1-5H3,(H,27,30). The molecule has 8 heteroatoms. The van der Waals surface area contributed by atoms with Crippen LogP contribution in [-0.4, -0.2) is 44.2 Å². The minimum Gasteiger partial charge on any atom is -0.324 e. The van der Waals surface area contributed by atoms with Crippen LogP contribution in [0.25, 0.3) is 0 Å². The summed E-state index contributed by atoms with van der Waals surface area (Å²) < 4.78 is 28.2. The summed E-state index contributed by atoms with van der Waals surface area (Å²) in [4.78, 5) is 27.8. The maximum absolute atomic E-state index is 13.3. The number of anilines is 2. The number of fused-ring (bicyclic) bond motifs is 1. The molecule has 7 nitrogen and oxygen atoms in total. The molecular weight excluding hydrogens is 450 g/mol. The Morgan fingerprint density at radius 2 is 1.91 bits per heavy atom. The molecule has 0 radical (unpaired) electrons. The fourth-order valence-electron chi connectivity index (χ4n) is 4.86. The van der Waals surface area contributed by atoms with E-state index in [2.05, 4.69) is 12.2 Å². The molecule has 2 aliphatic heterocycles. The summed E-state index contributed by atoms with van der Waals surface area (Å²) in [6.45, 7) is 10.4. The Balaban J connectivity index is 1.61. The monoisotopic (exact) mass is 483 g/mol. The lowest BCUT2D eigenvalue weighted by molar-refractivity contribution is -0.124. The fourth-order valence-corrected chi connectivity index (χ4v) is 6.49. The molecule has 1 fully saturated rings. The van der Waals surface area contributed by atoms with Crippen LogP contribution in [0, 0.1) is 19.8 Å². The van der Waals surface area contributed by atoms with Crippen molar-refractivity contribution in [3.05, 3.63) is 53.1 Å². The lowest BCUT2D eigenvalue weighted by Crippen LogP contribution is -2.40. The number of hydrogen-bond acceptors (Lipinski definition) is 4. The minimum absolute atomic E-state index is 0.140. The molecule has 1 N–H and O–H groups in total. The van der Waals surface area contributed by atoms with Crippen molar-refractivity contribution >= 4 is 33.2 Å². The van der Waals surface area contributed by atoms with Crippen molar-refractivity contribution in [1.29, 1.82) is 0 Å². The van der Waals surface area contributed by atoms with Crippen LogP contribution in [0.4, 0.5) is 11.4 Å². The predicted molar refractivity (Wildman–Crippen MR) is 134 cm³/mol. The molecule has 1 atom stereocenters. The van der Waals surface area contributed by atoms with Crippen LogP contribution in [0.2, 0.25) is 0 Å². The van der Waals surface area contributed by atoms with Crippen molar-refractivity contribution in [3.63, 3.8) is 0 Å². The Bertz CT molecular complexity index is 1250. The molecule has 2 aromatic rings. The molecule has 2 aromatic carbocycles. The second-order valence-electron chi connectivity index (χ2n) is 10.1. The van der Waals surface area contributed by atoms with E-state index in [-0.39, 0.29) is 23.3 Å². The minimum atomic E-state index is -3.65. The SMILES string of the molecule is Cc1cccc(NC(=O)CN2C(=O)C(C)(C)c3cc(S(=O)(=O)N4CCCC(C)C4)ccc32)c1C. The molecule has 4 rings (SSSR count). The number of nitrogens with zero attached hydrogens (tertiary/aromatic N) is 2. The Kier molecular flexibility index (Phi) is 6.33. The predicted octanol–water partition coefficient (Wildman–Crippen LogP) is 3.99. The molecule has 34 heavy (non-hydrogen) atoms. The average molecular weight is 484 g/mol. The van der Waals surface area contributed by atoms with Gasteiger partial charge < -0.3 is 10.2 Å². The van der Waals surface area contributed by atoms with Crippen LogP contribution in [-0.2, 0) is 25.0 Å². The summed E-state index contributed by atoms with van der Waals surface area (Å²) >= 11 is 0. The Hall–Kier alpha value is -2.71. The largest absolute Gasteiger partial charge is 0.324 e. The molecule has 182 valence electrons. The highest BCUT2D eigenvalue weighted by Gasteiger charge is 2.45. The highest BCUT2D eigenvalue weighted by molar-refractivity contribution is 7.89. The number of sulfonamides is 1. The molecule has 0 aromatic heterocycles. The van der Waals surface area contributed by atoms with Gasteiger partial charge in [0.05, 0.1) is 10.3 Å². The third-order valence-electron chi connectivity index (χ3n) is 7.15. The molecule has 2 aliphatic rings. The van der Waals surface area contributed by atoms with Gasteiger partial charge >= 0.3 is 0 Å². The van der Waals surface area contributed by atoms with Gasteiger partial charge in [-0.25, -0.2) is 8.42 Å². The Morgan fingerprint density at radius 1 is 1.18 bits per heavy atom. The van der Waals surface area contributed by atoms with Gasteiger partial charge in [0.1, 0.15) is 6.54 Å². The lowest BCUT2D eigenvalue weighted by Gasteiger charge is -2.30. The van der Waals surface area contributed by atoms with Gasteiger partial charge in [0.25, 0.3) is 0 Å². The lowest BCUT2D eigenvalue weighted by atomic mass is 9.86. The molecule has 0 saturated carbocycles. The van der Waals surface area contributed by atoms with E-state index in [1.807, 2.05) is 32.0 Å². The highest BCUT2D eigenvalue weighted by atomic mass is 32.2. The smallest absolute Gasteiger partial charge is 0.244 e. The van der Waals surface area contributed by atoms with Crippen molar-refractivity contribution in [2.75, 3.05) is 29.9 Å². The van der Waals surface area contributed by atoms with Crippen LogP contribution >= 0.6 is 0 Å². The van der Waals surface area contributed by atoms with E-state index in [0.717, 1.165) is 24.0 Å². The van der Waals surface area contributed by atoms with Crippen LogP contribution in [0.3, 0.4) is 0 Å². The van der Waals surface area contributed by atoms with Gasteiger partial charge in [0.2, 0.25) is 21.8 Å². The third-order valence-corrected chi connectivity index (χ3v) is 9.01. The maximum atomic E-state index is 13.3. The summed E-state index contributed by atoms with van der Waals surface area (Å²) in [7, 11) is -3.65. The van der Waals surface area contributed by atoms with Gasteiger partial charge in [-0.15, -0.1) is 0 Å². The van der Waals surface area contributed by atoms with E-state index in [9.17, 15) is 18.0 Å². The van der Waals surface area contributed by atoms with Crippen LogP contribution < -0.4 is 10.2 Å². The number of benzene rings is 2. The first-order valence-electron chi connectivity index (χ1n) is 11.8. The van der Waals surface area contributed by atoms with Crippen LogP contribution in [0.1, 0.15) is 50.3 Å². The maximum Gasteiger partial charge on any atom is 0.244 e. The van der Waals surface area contributed by atoms with E-state index < -0.39 is 15.4 Å². The molecule has 0 aliphatic carbocycles. The quantitative estimate of drug-likeness (QED) is 0.697. The van der Waals surface area contributed by atoms with Crippen molar-refractivity contribution in [2.45, 2.75) is 57.8 Å². The summed E-state index contributed by atoms with van der Waals surface area (Å²) in [5.74, 6) is -0.202. The van der Waals surface area contributed by atoms with E-state index in [1.54, 1.807) is 36.4 Å². The summed E-state index contributed by atoms with van der Waals surface area (Å²) in [5, 5.41) is 2.90. The second kappa shape index (κ2) is 8.82. The number of amides is 2. The summed E-state index contributed by atoms with van der Waals surface area (Å²) in [5.41, 5.74) is 3.04. The molecular formula is C26H33N3O4S. The zero-order valence-corrected chi connectivity index (χ0v) is 21.3. The van der Waals surface area contributed by atoms with E-state index in [4.69, 9.17) is 0 Å². The average Bonchev–Trinajstić information content (AvgIpc) is 2.97. The highest BCUT2D eigenvalue weighted by Crippen LogP contribution is 2.43. The molecule has 2 heterocycles. The van der Waals surface area contributed by atoms with E-state index >= 15 is 0 Å². The summed E-state index contributed by atoms with van der Waals surface area (Å²) in [6, 6.07) is 10.5. The molecule has 1 saturated heterocycles. The molecule has 0 bridgehead atoms. The van der Waals surface area contributed by atoms with E-state index in [0.29, 0.717) is 35.9 Å². The molecule has 1 unspecified atom stereocenters. The fraction of sp³-hybridized carbons (Fsp3) is 0.462. The number of piperidine rings is 1. The number of nitrogens with one attached hydrogen (secondary N) is 1. The topological polar surface area (TPSA) is 86.8 Å². The van der Waals surface area contributed by atoms with Crippen molar-refractivity contribution in [3.8, 4) is 0 Å². The second-order valence-corrected chi connectivity index (χ2v) is 12.0. The molecule has 2 amide bonds. The Labute approximate surface area is 202 Å². The van der Waals surface area contributed by atoms with E-state index in [1.165, 1.54) is 4.90 Å². The number of aryl methyl sites for hydroxylation is 1. The van der Waals surface area contributed by atoms with Gasteiger partial charge in [0.15, 0.2) is 0 Å². The van der Waals surface area contributed by atoms with Gasteiger partial charge in [-0.3, -0.25) is 9.59 Å². The number of carbonyl (C=O) groups excluding carboxylic acids is 2. The number of rotatable bonds is 5. The first-order valence-corrected chi connectivity index (χ1v) is 13.2. The first-order chi connectivity index (χ1) is 15.9. The number of hydrogen-bond donors (Lipinski definition) is 1. The van der Waals surface area contributed by atoms with Crippen molar-refractivity contribution < 1.29 is 18.0 Å². The van der Waals surface area contributed by atoms with Crippen molar-refractivity contribution in [2.24, 2.45) is 5.92 Å². The van der Waals surface area contributed by atoms with Gasteiger partial charge in [0, 0.05) is 24.5 Å². The van der Waals surface area contributed by atoms with Gasteiger partial charge in [-0.05, 0) is 87.4 Å². The summed E-state index contributed by atoms with van der Waals surface area (Å²) in [6.07, 6.45) is 1.87. The zero-order chi connectivity index (χ0) is 24.8. The van der Waals surface area contributed by atoms with Crippen LogP contribution in [0.5, 0.6) is 0 Å². The van der Waals surface area contributed by atoms with Gasteiger partial charge in [-0.1, -0.05) is 19.1 Å².